The maximum absolute atomic E-state index is 12.7. The smallest absolute Gasteiger partial charge is 0.305 e. The molecule has 35 heavy (non-hydrogen) atoms. The number of hydrogen-bond donors (Lipinski definition) is 0. The standard InChI is InChI=1S/C29H49N2O3S/c1-4-5-6-7-8-9-10-11-12-13-14-15-16-17-18-19-24-31-26-25-30(3)29(31)34-35(32,33)28-22-20-27(2)21-23-28/h20-23,25-26H,4-19,24H2,1-3H3/q+1. The molecule has 2 rings (SSSR count). The molecule has 0 fully saturated rings. The quantitative estimate of drug-likeness (QED) is 0.105. The summed E-state index contributed by atoms with van der Waals surface area (Å²) in [6.45, 7) is 4.97. The lowest BCUT2D eigenvalue weighted by molar-refractivity contribution is -0.674. The van der Waals surface area contributed by atoms with E-state index in [0.717, 1.165) is 24.9 Å². The van der Waals surface area contributed by atoms with Crippen molar-refractivity contribution in [3.8, 4) is 6.01 Å². The highest BCUT2D eigenvalue weighted by atomic mass is 32.2. The van der Waals surface area contributed by atoms with Crippen molar-refractivity contribution in [2.45, 2.75) is 128 Å². The van der Waals surface area contributed by atoms with Crippen LogP contribution in [0.3, 0.4) is 0 Å². The van der Waals surface area contributed by atoms with Crippen molar-refractivity contribution in [1.82, 2.24) is 4.57 Å². The molecule has 0 unspecified atom stereocenters. The van der Waals surface area contributed by atoms with Gasteiger partial charge in [0.05, 0.1) is 13.6 Å². The molecular weight excluding hydrogens is 456 g/mol. The molecule has 0 atom stereocenters. The van der Waals surface area contributed by atoms with Crippen LogP contribution in [-0.2, 0) is 23.7 Å². The average molecular weight is 506 g/mol. The summed E-state index contributed by atoms with van der Waals surface area (Å²) in [5.74, 6) is 0. The van der Waals surface area contributed by atoms with Gasteiger partial charge >= 0.3 is 16.1 Å². The molecule has 6 heteroatoms. The first-order chi connectivity index (χ1) is 16.9. The summed E-state index contributed by atoms with van der Waals surface area (Å²) in [6, 6.07) is 7.10. The number of imidazole rings is 1. The second kappa shape index (κ2) is 16.8. The molecule has 1 heterocycles. The Morgan fingerprint density at radius 3 is 1.69 bits per heavy atom. The lowest BCUT2D eigenvalue weighted by Crippen LogP contribution is -2.31. The minimum absolute atomic E-state index is 0.179. The Bertz CT molecular complexity index is 920. The van der Waals surface area contributed by atoms with Gasteiger partial charge in [-0.15, -0.1) is 0 Å². The van der Waals surface area contributed by atoms with E-state index in [4.69, 9.17) is 4.18 Å². The normalized spacial score (nSPS) is 11.7. The molecule has 0 radical (unpaired) electrons. The zero-order valence-electron chi connectivity index (χ0n) is 22.5. The van der Waals surface area contributed by atoms with Gasteiger partial charge in [-0.3, -0.25) is 0 Å². The highest BCUT2D eigenvalue weighted by Gasteiger charge is 2.25. The van der Waals surface area contributed by atoms with E-state index < -0.39 is 10.1 Å². The van der Waals surface area contributed by atoms with Crippen LogP contribution in [0.4, 0.5) is 0 Å². The van der Waals surface area contributed by atoms with Crippen LogP contribution in [-0.4, -0.2) is 13.0 Å². The SMILES string of the molecule is CCCCCCCCCCCCCCCCCCn1cc[n+](C)c1OS(=O)(=O)c1ccc(C)cc1. The number of hydrogen-bond acceptors (Lipinski definition) is 3. The summed E-state index contributed by atoms with van der Waals surface area (Å²) < 4.78 is 34.5. The van der Waals surface area contributed by atoms with Crippen LogP contribution in [0.25, 0.3) is 0 Å². The summed E-state index contributed by atoms with van der Waals surface area (Å²) in [7, 11) is -2.04. The Hall–Kier alpha value is -1.82. The number of rotatable bonds is 20. The monoisotopic (exact) mass is 505 g/mol. The van der Waals surface area contributed by atoms with Crippen molar-refractivity contribution >= 4 is 10.1 Å². The van der Waals surface area contributed by atoms with Crippen LogP contribution >= 0.6 is 0 Å². The van der Waals surface area contributed by atoms with E-state index in [-0.39, 0.29) is 4.90 Å². The molecule has 0 aliphatic heterocycles. The molecule has 198 valence electrons. The van der Waals surface area contributed by atoms with Gasteiger partial charge in [-0.1, -0.05) is 115 Å². The van der Waals surface area contributed by atoms with Gasteiger partial charge < -0.3 is 4.18 Å². The Morgan fingerprint density at radius 1 is 0.743 bits per heavy atom. The summed E-state index contributed by atoms with van der Waals surface area (Å²) in [4.78, 5) is 0.179. The van der Waals surface area contributed by atoms with Crippen LogP contribution in [0.1, 0.15) is 115 Å². The topological polar surface area (TPSA) is 52.2 Å². The number of aryl methyl sites for hydroxylation is 3. The molecule has 0 saturated heterocycles. The highest BCUT2D eigenvalue weighted by molar-refractivity contribution is 7.87. The van der Waals surface area contributed by atoms with Gasteiger partial charge in [0, 0.05) is 0 Å². The molecule has 2 aromatic rings. The molecule has 5 nitrogen and oxygen atoms in total. The van der Waals surface area contributed by atoms with Crippen LogP contribution in [0, 0.1) is 6.92 Å². The van der Waals surface area contributed by atoms with Gasteiger partial charge in [0.1, 0.15) is 17.3 Å². The second-order valence-corrected chi connectivity index (χ2v) is 11.6. The first-order valence-corrected chi connectivity index (χ1v) is 15.4. The van der Waals surface area contributed by atoms with Gasteiger partial charge in [-0.2, -0.15) is 17.6 Å². The van der Waals surface area contributed by atoms with Crippen LogP contribution in [0.2, 0.25) is 0 Å². The maximum atomic E-state index is 12.7. The largest absolute Gasteiger partial charge is 0.472 e. The Labute approximate surface area is 215 Å². The molecule has 0 aliphatic rings. The van der Waals surface area contributed by atoms with E-state index in [1.165, 1.54) is 89.9 Å². The van der Waals surface area contributed by atoms with Gasteiger partial charge in [-0.05, 0) is 31.9 Å². The fourth-order valence-corrected chi connectivity index (χ4v) is 5.44. The lowest BCUT2D eigenvalue weighted by atomic mass is 10.0. The van der Waals surface area contributed by atoms with E-state index in [2.05, 4.69) is 6.92 Å². The van der Waals surface area contributed by atoms with E-state index in [1.807, 2.05) is 30.9 Å². The fourth-order valence-electron chi connectivity index (χ4n) is 4.47. The predicted molar refractivity (Wildman–Crippen MR) is 144 cm³/mol. The third-order valence-electron chi connectivity index (χ3n) is 6.76. The van der Waals surface area contributed by atoms with E-state index >= 15 is 0 Å². The molecule has 0 aliphatic carbocycles. The summed E-state index contributed by atoms with van der Waals surface area (Å²) in [6.07, 6.45) is 25.2. The zero-order valence-corrected chi connectivity index (χ0v) is 23.3. The highest BCUT2D eigenvalue weighted by Crippen LogP contribution is 2.18. The van der Waals surface area contributed by atoms with Crippen LogP contribution < -0.4 is 8.75 Å². The predicted octanol–water partition coefficient (Wildman–Crippen LogP) is 7.65. The first-order valence-electron chi connectivity index (χ1n) is 14.0. The second-order valence-electron chi connectivity index (χ2n) is 10.0. The van der Waals surface area contributed by atoms with Crippen molar-refractivity contribution in [3.05, 3.63) is 42.2 Å². The molecular formula is C29H49N2O3S+. The number of nitrogens with zero attached hydrogens (tertiary/aromatic N) is 2. The van der Waals surface area contributed by atoms with Crippen molar-refractivity contribution in [1.29, 1.82) is 0 Å². The van der Waals surface area contributed by atoms with Gasteiger partial charge in [0.25, 0.3) is 0 Å². The molecule has 0 amide bonds. The fraction of sp³-hybridized carbons (Fsp3) is 0.690. The Kier molecular flexibility index (Phi) is 14.1. The molecule has 1 aromatic heterocycles. The Morgan fingerprint density at radius 2 is 1.20 bits per heavy atom. The van der Waals surface area contributed by atoms with Gasteiger partial charge in [-0.25, -0.2) is 0 Å². The first kappa shape index (κ1) is 29.4. The van der Waals surface area contributed by atoms with Gasteiger partial charge in [0.15, 0.2) is 0 Å². The van der Waals surface area contributed by atoms with Crippen molar-refractivity contribution < 1.29 is 17.2 Å². The van der Waals surface area contributed by atoms with E-state index in [1.54, 1.807) is 28.8 Å². The van der Waals surface area contributed by atoms with Crippen LogP contribution in [0.5, 0.6) is 6.01 Å². The molecule has 1 aromatic carbocycles. The minimum atomic E-state index is -3.85. The van der Waals surface area contributed by atoms with E-state index in [0.29, 0.717) is 6.01 Å². The number of benzene rings is 1. The third kappa shape index (κ3) is 11.6. The molecule has 0 spiro atoms. The van der Waals surface area contributed by atoms with Gasteiger partial charge in [0.2, 0.25) is 0 Å². The van der Waals surface area contributed by atoms with Crippen molar-refractivity contribution in [2.24, 2.45) is 7.05 Å². The van der Waals surface area contributed by atoms with Crippen molar-refractivity contribution in [2.75, 3.05) is 0 Å². The van der Waals surface area contributed by atoms with E-state index in [9.17, 15) is 8.42 Å². The Balaban J connectivity index is 1.55. The van der Waals surface area contributed by atoms with Crippen molar-refractivity contribution in [3.63, 3.8) is 0 Å². The number of aromatic nitrogens is 2. The maximum Gasteiger partial charge on any atom is 0.472 e. The lowest BCUT2D eigenvalue weighted by Gasteiger charge is -2.06. The molecule has 0 N–H and O–H groups in total. The average Bonchev–Trinajstić information content (AvgIpc) is 3.17. The summed E-state index contributed by atoms with van der Waals surface area (Å²) >= 11 is 0. The molecule has 0 bridgehead atoms. The number of unbranched alkanes of at least 4 members (excludes halogenated alkanes) is 15. The molecule has 0 saturated carbocycles. The van der Waals surface area contributed by atoms with Crippen LogP contribution in [0.15, 0.2) is 41.6 Å². The third-order valence-corrected chi connectivity index (χ3v) is 7.98. The minimum Gasteiger partial charge on any atom is -0.305 e. The summed E-state index contributed by atoms with van der Waals surface area (Å²) in [5, 5.41) is 0. The summed E-state index contributed by atoms with van der Waals surface area (Å²) in [5.41, 5.74) is 1.02. The zero-order chi connectivity index (χ0) is 25.4.